The molecule has 0 aliphatic heterocycles. The van der Waals surface area contributed by atoms with Gasteiger partial charge < -0.3 is 5.11 Å². The summed E-state index contributed by atoms with van der Waals surface area (Å²) in [6, 6.07) is 8.86. The number of aryl methyl sites for hydroxylation is 1. The zero-order valence-corrected chi connectivity index (χ0v) is 14.7. The van der Waals surface area contributed by atoms with Crippen LogP contribution in [0, 0.1) is 6.92 Å². The highest BCUT2D eigenvalue weighted by Gasteiger charge is 2.23. The fourth-order valence-electron chi connectivity index (χ4n) is 2.62. The molecule has 3 rings (SSSR count). The quantitative estimate of drug-likeness (QED) is 0.599. The van der Waals surface area contributed by atoms with Crippen molar-refractivity contribution in [3.8, 4) is 0 Å². The first-order valence-corrected chi connectivity index (χ1v) is 9.02. The number of nitrogens with zero attached hydrogens (tertiary/aromatic N) is 2. The first kappa shape index (κ1) is 17.7. The number of anilines is 1. The lowest BCUT2D eigenvalue weighted by atomic mass is 10.1. The topological polar surface area (TPSA) is 103 Å². The number of aliphatic hydroxyl groups excluding tert-OH is 1. The van der Waals surface area contributed by atoms with Gasteiger partial charge in [0, 0.05) is 17.1 Å². The van der Waals surface area contributed by atoms with E-state index in [0.717, 1.165) is 15.6 Å². The highest BCUT2D eigenvalue weighted by Crippen LogP contribution is 2.31. The van der Waals surface area contributed by atoms with Crippen LogP contribution in [0.1, 0.15) is 11.1 Å². The maximum Gasteiger partial charge on any atom is 0.268 e. The van der Waals surface area contributed by atoms with E-state index in [4.69, 9.17) is 11.6 Å². The summed E-state index contributed by atoms with van der Waals surface area (Å²) in [4.78, 5) is -0.178. The van der Waals surface area contributed by atoms with Crippen LogP contribution in [0.25, 0.3) is 10.9 Å². The van der Waals surface area contributed by atoms with Gasteiger partial charge in [-0.2, -0.15) is 0 Å². The number of hydrogen-bond acceptors (Lipinski definition) is 6. The molecule has 25 heavy (non-hydrogen) atoms. The summed E-state index contributed by atoms with van der Waals surface area (Å²) < 4.78 is 27.1. The van der Waals surface area contributed by atoms with Crippen molar-refractivity contribution in [3.05, 3.63) is 58.7 Å². The van der Waals surface area contributed by atoms with Gasteiger partial charge in [0.1, 0.15) is 5.69 Å². The molecular formula is C16H15ClN2O5S. The van der Waals surface area contributed by atoms with Gasteiger partial charge >= 0.3 is 0 Å². The fraction of sp³-hybridized carbons (Fsp3) is 0.125. The largest absolute Gasteiger partial charge is 0.392 e. The third-order valence-electron chi connectivity index (χ3n) is 3.87. The molecule has 0 spiro atoms. The van der Waals surface area contributed by atoms with E-state index in [1.165, 1.54) is 18.3 Å². The van der Waals surface area contributed by atoms with E-state index in [2.05, 4.69) is 0 Å². The second-order valence-electron chi connectivity index (χ2n) is 5.54. The molecular weight excluding hydrogens is 368 g/mol. The van der Waals surface area contributed by atoms with Crippen LogP contribution in [0.5, 0.6) is 0 Å². The molecule has 0 saturated carbocycles. The molecule has 0 atom stereocenters. The van der Waals surface area contributed by atoms with Crippen molar-refractivity contribution in [2.24, 2.45) is 0 Å². The Morgan fingerprint density at radius 3 is 2.52 bits per heavy atom. The van der Waals surface area contributed by atoms with Crippen molar-refractivity contribution in [3.63, 3.8) is 0 Å². The van der Waals surface area contributed by atoms with Crippen LogP contribution in [0.15, 0.2) is 47.5 Å². The first-order chi connectivity index (χ1) is 11.8. The molecule has 7 nitrogen and oxygen atoms in total. The van der Waals surface area contributed by atoms with E-state index < -0.39 is 10.0 Å². The molecule has 0 aliphatic rings. The Labute approximate surface area is 148 Å². The smallest absolute Gasteiger partial charge is 0.268 e. The van der Waals surface area contributed by atoms with Gasteiger partial charge in [-0.1, -0.05) is 23.7 Å². The van der Waals surface area contributed by atoms with Gasteiger partial charge in [0.2, 0.25) is 0 Å². The summed E-state index contributed by atoms with van der Waals surface area (Å²) >= 11 is 5.83. The van der Waals surface area contributed by atoms with E-state index in [9.17, 15) is 23.9 Å². The first-order valence-electron chi connectivity index (χ1n) is 7.20. The van der Waals surface area contributed by atoms with Crippen LogP contribution >= 0.6 is 11.6 Å². The standard InChI is InChI=1S/C16H15ClN2O5S/c1-10-2-4-13-11(9-20)8-18(15(13)6-10)25(23,24)12-3-5-14(17)16(7-12)19(21)22/h2-8,20-22H,9H2,1H3. The fourth-order valence-corrected chi connectivity index (χ4v) is 4.22. The summed E-state index contributed by atoms with van der Waals surface area (Å²) in [5.74, 6) is 0. The highest BCUT2D eigenvalue weighted by molar-refractivity contribution is 7.90. The van der Waals surface area contributed by atoms with Gasteiger partial charge in [-0.25, -0.2) is 12.4 Å². The number of aliphatic hydroxyl groups is 1. The third kappa shape index (κ3) is 2.99. The van der Waals surface area contributed by atoms with Crippen molar-refractivity contribution in [1.29, 1.82) is 0 Å². The van der Waals surface area contributed by atoms with Crippen molar-refractivity contribution < 1.29 is 23.9 Å². The molecule has 0 unspecified atom stereocenters. The van der Waals surface area contributed by atoms with E-state index in [0.29, 0.717) is 16.5 Å². The van der Waals surface area contributed by atoms with Gasteiger partial charge in [0.25, 0.3) is 10.0 Å². The summed E-state index contributed by atoms with van der Waals surface area (Å²) in [6.07, 6.45) is 1.35. The summed E-state index contributed by atoms with van der Waals surface area (Å²) in [6.45, 7) is 1.52. The average Bonchev–Trinajstić information content (AvgIpc) is 2.93. The Morgan fingerprint density at radius 2 is 1.88 bits per heavy atom. The molecule has 0 saturated heterocycles. The van der Waals surface area contributed by atoms with Crippen LogP contribution in [-0.2, 0) is 16.6 Å². The van der Waals surface area contributed by atoms with E-state index >= 15 is 0 Å². The lowest BCUT2D eigenvalue weighted by Gasteiger charge is -2.13. The van der Waals surface area contributed by atoms with Gasteiger partial charge in [0.15, 0.2) is 0 Å². The van der Waals surface area contributed by atoms with Crippen molar-refractivity contribution >= 4 is 38.2 Å². The Kier molecular flexibility index (Phi) is 4.48. The molecule has 3 aromatic rings. The highest BCUT2D eigenvalue weighted by atomic mass is 35.5. The molecule has 9 heteroatoms. The summed E-state index contributed by atoms with van der Waals surface area (Å²) in [7, 11) is -4.05. The molecule has 0 radical (unpaired) electrons. The number of benzene rings is 2. The van der Waals surface area contributed by atoms with Crippen LogP contribution < -0.4 is 5.23 Å². The Morgan fingerprint density at radius 1 is 1.16 bits per heavy atom. The molecule has 1 aromatic heterocycles. The average molecular weight is 383 g/mol. The Hall–Kier alpha value is -2.10. The number of hydrogen-bond donors (Lipinski definition) is 3. The van der Waals surface area contributed by atoms with Crippen molar-refractivity contribution in [2.45, 2.75) is 18.4 Å². The molecule has 132 valence electrons. The molecule has 3 N–H and O–H groups in total. The SMILES string of the molecule is Cc1ccc2c(CO)cn(S(=O)(=O)c3ccc(Cl)c(N(O)O)c3)c2c1. The van der Waals surface area contributed by atoms with E-state index in [1.807, 2.05) is 13.0 Å². The zero-order chi connectivity index (χ0) is 18.4. The van der Waals surface area contributed by atoms with Crippen LogP contribution in [0.2, 0.25) is 5.02 Å². The number of halogens is 1. The minimum Gasteiger partial charge on any atom is -0.392 e. The maximum absolute atomic E-state index is 13.0. The zero-order valence-electron chi connectivity index (χ0n) is 13.1. The molecule has 0 aliphatic carbocycles. The molecule has 0 fully saturated rings. The van der Waals surface area contributed by atoms with Gasteiger partial charge in [-0.3, -0.25) is 10.4 Å². The number of aromatic nitrogens is 1. The van der Waals surface area contributed by atoms with Gasteiger partial charge in [-0.15, -0.1) is 5.23 Å². The van der Waals surface area contributed by atoms with Gasteiger partial charge in [0.05, 0.1) is 22.0 Å². The normalized spacial score (nSPS) is 11.9. The minimum atomic E-state index is -4.05. The van der Waals surface area contributed by atoms with Crippen LogP contribution in [0.3, 0.4) is 0 Å². The summed E-state index contributed by atoms with van der Waals surface area (Å²) in [5.41, 5.74) is 1.49. The second kappa shape index (κ2) is 6.32. The lowest BCUT2D eigenvalue weighted by Crippen LogP contribution is -2.15. The summed E-state index contributed by atoms with van der Waals surface area (Å²) in [5, 5.41) is 28.2. The van der Waals surface area contributed by atoms with E-state index in [1.54, 1.807) is 12.1 Å². The maximum atomic E-state index is 13.0. The van der Waals surface area contributed by atoms with Crippen LogP contribution in [-0.4, -0.2) is 27.9 Å². The van der Waals surface area contributed by atoms with Crippen molar-refractivity contribution in [1.82, 2.24) is 3.97 Å². The lowest BCUT2D eigenvalue weighted by molar-refractivity contribution is 0.0291. The molecule has 0 bridgehead atoms. The molecule has 2 aromatic carbocycles. The van der Waals surface area contributed by atoms with Gasteiger partial charge in [-0.05, 0) is 36.8 Å². The Bertz CT molecular complexity index is 1060. The molecule has 1 heterocycles. The number of fused-ring (bicyclic) bond motifs is 1. The molecule has 0 amide bonds. The monoisotopic (exact) mass is 382 g/mol. The minimum absolute atomic E-state index is 0.0202. The Balaban J connectivity index is 2.27. The predicted octanol–water partition coefficient (Wildman–Crippen LogP) is 2.92. The second-order valence-corrected chi connectivity index (χ2v) is 7.76. The number of rotatable bonds is 4. The van der Waals surface area contributed by atoms with E-state index in [-0.39, 0.29) is 27.4 Å². The van der Waals surface area contributed by atoms with Crippen LogP contribution in [0.4, 0.5) is 5.69 Å². The predicted molar refractivity (Wildman–Crippen MR) is 92.7 cm³/mol. The third-order valence-corrected chi connectivity index (χ3v) is 5.86. The van der Waals surface area contributed by atoms with Crippen molar-refractivity contribution in [2.75, 3.05) is 5.23 Å².